The molecule has 1 saturated heterocycles. The molecular weight excluding hydrogens is 310 g/mol. The third-order valence-corrected chi connectivity index (χ3v) is 5.82. The SMILES string of the molecule is COC(=O)c1cccc(S(=O)(=O)N2CCC[C@@H]2C(=O)O)c1C. The third kappa shape index (κ3) is 2.71. The second-order valence-electron chi connectivity index (χ2n) is 5.03. The van der Waals surface area contributed by atoms with E-state index in [9.17, 15) is 18.0 Å². The molecule has 1 aromatic carbocycles. The number of carbonyl (C=O) groups excluding carboxylic acids is 1. The Morgan fingerprint density at radius 3 is 2.64 bits per heavy atom. The van der Waals surface area contributed by atoms with E-state index in [1.807, 2.05) is 0 Å². The lowest BCUT2D eigenvalue weighted by atomic mass is 10.1. The first-order valence-corrected chi connectivity index (χ1v) is 8.17. The van der Waals surface area contributed by atoms with Crippen LogP contribution >= 0.6 is 0 Å². The van der Waals surface area contributed by atoms with Gasteiger partial charge < -0.3 is 9.84 Å². The first-order chi connectivity index (χ1) is 10.3. The van der Waals surface area contributed by atoms with E-state index in [0.717, 1.165) is 4.31 Å². The van der Waals surface area contributed by atoms with Crippen LogP contribution in [0.4, 0.5) is 0 Å². The maximum atomic E-state index is 12.7. The van der Waals surface area contributed by atoms with Crippen molar-refractivity contribution in [3.05, 3.63) is 29.3 Å². The topological polar surface area (TPSA) is 101 Å². The summed E-state index contributed by atoms with van der Waals surface area (Å²) < 4.78 is 31.1. The summed E-state index contributed by atoms with van der Waals surface area (Å²) in [6, 6.07) is 3.22. The monoisotopic (exact) mass is 327 g/mol. The Balaban J connectivity index is 2.51. The van der Waals surface area contributed by atoms with Crippen LogP contribution in [0, 0.1) is 6.92 Å². The number of carbonyl (C=O) groups is 2. The highest BCUT2D eigenvalue weighted by atomic mass is 32.2. The van der Waals surface area contributed by atoms with Crippen LogP contribution in [0.1, 0.15) is 28.8 Å². The van der Waals surface area contributed by atoms with E-state index in [-0.39, 0.29) is 29.0 Å². The zero-order chi connectivity index (χ0) is 16.5. The fourth-order valence-corrected chi connectivity index (χ4v) is 4.53. The molecule has 1 N–H and O–H groups in total. The molecule has 1 aromatic rings. The molecule has 1 heterocycles. The Bertz CT molecular complexity index is 712. The molecule has 120 valence electrons. The van der Waals surface area contributed by atoms with E-state index < -0.39 is 28.0 Å². The highest BCUT2D eigenvalue weighted by molar-refractivity contribution is 7.89. The number of carboxylic acid groups (broad SMARTS) is 1. The summed E-state index contributed by atoms with van der Waals surface area (Å²) in [5, 5.41) is 9.16. The molecule has 1 fully saturated rings. The smallest absolute Gasteiger partial charge is 0.338 e. The quantitative estimate of drug-likeness (QED) is 0.829. The molecular formula is C14H17NO6S. The Labute approximate surface area is 128 Å². The van der Waals surface area contributed by atoms with Crippen LogP contribution in [0.25, 0.3) is 0 Å². The van der Waals surface area contributed by atoms with Crippen LogP contribution in [0.15, 0.2) is 23.1 Å². The fraction of sp³-hybridized carbons (Fsp3) is 0.429. The number of aliphatic carboxylic acids is 1. The number of carboxylic acids is 1. The fourth-order valence-electron chi connectivity index (χ4n) is 2.63. The minimum absolute atomic E-state index is 0.0662. The van der Waals surface area contributed by atoms with Crippen LogP contribution in [0.3, 0.4) is 0 Å². The average molecular weight is 327 g/mol. The lowest BCUT2D eigenvalue weighted by Crippen LogP contribution is -2.40. The van der Waals surface area contributed by atoms with Gasteiger partial charge in [0.05, 0.1) is 17.6 Å². The predicted molar refractivity (Wildman–Crippen MR) is 77.1 cm³/mol. The Hall–Kier alpha value is -1.93. The first kappa shape index (κ1) is 16.4. The number of hydrogen-bond acceptors (Lipinski definition) is 5. The Kier molecular flexibility index (Phi) is 4.52. The van der Waals surface area contributed by atoms with Crippen molar-refractivity contribution in [2.45, 2.75) is 30.7 Å². The van der Waals surface area contributed by atoms with Gasteiger partial charge in [0.15, 0.2) is 0 Å². The number of nitrogens with zero attached hydrogens (tertiary/aromatic N) is 1. The van der Waals surface area contributed by atoms with Gasteiger partial charge in [0.2, 0.25) is 10.0 Å². The highest BCUT2D eigenvalue weighted by Gasteiger charge is 2.40. The maximum absolute atomic E-state index is 12.7. The van der Waals surface area contributed by atoms with Gasteiger partial charge in [-0.2, -0.15) is 4.31 Å². The summed E-state index contributed by atoms with van der Waals surface area (Å²) in [5.74, 6) is -1.80. The van der Waals surface area contributed by atoms with E-state index in [1.54, 1.807) is 0 Å². The van der Waals surface area contributed by atoms with Gasteiger partial charge in [-0.05, 0) is 37.5 Å². The third-order valence-electron chi connectivity index (χ3n) is 3.76. The molecule has 0 spiro atoms. The summed E-state index contributed by atoms with van der Waals surface area (Å²) in [5.41, 5.74) is 0.403. The summed E-state index contributed by atoms with van der Waals surface area (Å²) in [6.45, 7) is 1.66. The van der Waals surface area contributed by atoms with Crippen molar-refractivity contribution >= 4 is 22.0 Å². The van der Waals surface area contributed by atoms with Gasteiger partial charge >= 0.3 is 11.9 Å². The van der Waals surface area contributed by atoms with Gasteiger partial charge in [0, 0.05) is 6.54 Å². The molecule has 0 saturated carbocycles. The van der Waals surface area contributed by atoms with Crippen LogP contribution < -0.4 is 0 Å². The number of sulfonamides is 1. The molecule has 0 aliphatic carbocycles. The molecule has 1 aliphatic rings. The molecule has 0 bridgehead atoms. The molecule has 1 atom stereocenters. The van der Waals surface area contributed by atoms with E-state index in [4.69, 9.17) is 5.11 Å². The molecule has 0 radical (unpaired) electrons. The number of methoxy groups -OCH3 is 1. The Morgan fingerprint density at radius 2 is 2.05 bits per heavy atom. The van der Waals surface area contributed by atoms with Crippen LogP contribution in [0.2, 0.25) is 0 Å². The van der Waals surface area contributed by atoms with Crippen molar-refractivity contribution < 1.29 is 27.9 Å². The summed E-state index contributed by atoms with van der Waals surface area (Å²) >= 11 is 0. The maximum Gasteiger partial charge on any atom is 0.338 e. The standard InChI is InChI=1S/C14H17NO6S/c1-9-10(14(18)21-2)5-3-7-12(9)22(19,20)15-8-4-6-11(15)13(16)17/h3,5,7,11H,4,6,8H2,1-2H3,(H,16,17)/t11-/m1/s1. The van der Waals surface area contributed by atoms with Crippen molar-refractivity contribution in [3.63, 3.8) is 0 Å². The second kappa shape index (κ2) is 6.05. The molecule has 0 aromatic heterocycles. The van der Waals surface area contributed by atoms with Crippen molar-refractivity contribution in [2.75, 3.05) is 13.7 Å². The van der Waals surface area contributed by atoms with E-state index >= 15 is 0 Å². The van der Waals surface area contributed by atoms with Gasteiger partial charge in [-0.25, -0.2) is 13.2 Å². The average Bonchev–Trinajstić information content (AvgIpc) is 2.97. The molecule has 22 heavy (non-hydrogen) atoms. The summed E-state index contributed by atoms with van der Waals surface area (Å²) in [4.78, 5) is 22.8. The van der Waals surface area contributed by atoms with Gasteiger partial charge in [0.25, 0.3) is 0 Å². The van der Waals surface area contributed by atoms with Gasteiger partial charge in [-0.15, -0.1) is 0 Å². The second-order valence-corrected chi connectivity index (χ2v) is 6.89. The molecule has 2 rings (SSSR count). The Morgan fingerprint density at radius 1 is 1.36 bits per heavy atom. The summed E-state index contributed by atoms with van der Waals surface area (Å²) in [6.07, 6.45) is 0.774. The molecule has 8 heteroatoms. The highest BCUT2D eigenvalue weighted by Crippen LogP contribution is 2.29. The van der Waals surface area contributed by atoms with Crippen molar-refractivity contribution in [3.8, 4) is 0 Å². The van der Waals surface area contributed by atoms with E-state index in [1.165, 1.54) is 32.2 Å². The zero-order valence-corrected chi connectivity index (χ0v) is 13.1. The largest absolute Gasteiger partial charge is 0.480 e. The zero-order valence-electron chi connectivity index (χ0n) is 12.3. The van der Waals surface area contributed by atoms with Crippen LogP contribution in [0.5, 0.6) is 0 Å². The van der Waals surface area contributed by atoms with E-state index in [0.29, 0.717) is 6.42 Å². The minimum atomic E-state index is -3.98. The number of rotatable bonds is 4. The van der Waals surface area contributed by atoms with Gasteiger partial charge in [-0.3, -0.25) is 4.79 Å². The van der Waals surface area contributed by atoms with Crippen LogP contribution in [-0.2, 0) is 19.6 Å². The molecule has 7 nitrogen and oxygen atoms in total. The predicted octanol–water partition coefficient (Wildman–Crippen LogP) is 1.02. The number of benzene rings is 1. The van der Waals surface area contributed by atoms with E-state index in [2.05, 4.69) is 4.74 Å². The molecule has 0 unspecified atom stereocenters. The normalized spacial score (nSPS) is 19.1. The summed E-state index contributed by atoms with van der Waals surface area (Å²) in [7, 11) is -2.77. The number of hydrogen-bond donors (Lipinski definition) is 1. The van der Waals surface area contributed by atoms with Crippen molar-refractivity contribution in [1.82, 2.24) is 4.31 Å². The molecule has 1 aliphatic heterocycles. The van der Waals surface area contributed by atoms with Crippen molar-refractivity contribution in [2.24, 2.45) is 0 Å². The molecule has 0 amide bonds. The van der Waals surface area contributed by atoms with Gasteiger partial charge in [-0.1, -0.05) is 6.07 Å². The van der Waals surface area contributed by atoms with Crippen molar-refractivity contribution in [1.29, 1.82) is 0 Å². The van der Waals surface area contributed by atoms with Crippen LogP contribution in [-0.4, -0.2) is 49.5 Å². The minimum Gasteiger partial charge on any atom is -0.480 e. The van der Waals surface area contributed by atoms with Gasteiger partial charge in [0.1, 0.15) is 6.04 Å². The number of esters is 1. The lowest BCUT2D eigenvalue weighted by molar-refractivity contribution is -0.140. The number of ether oxygens (including phenoxy) is 1. The first-order valence-electron chi connectivity index (χ1n) is 6.73. The lowest BCUT2D eigenvalue weighted by Gasteiger charge is -2.22.